The van der Waals surface area contributed by atoms with E-state index < -0.39 is 0 Å². The second-order valence-corrected chi connectivity index (χ2v) is 7.83. The molecule has 1 fully saturated rings. The monoisotopic (exact) mass is 393 g/mol. The smallest absolute Gasteiger partial charge is 0.255 e. The van der Waals surface area contributed by atoms with Crippen molar-refractivity contribution < 1.29 is 9.59 Å². The van der Waals surface area contributed by atoms with Crippen LogP contribution in [0.5, 0.6) is 0 Å². The fraction of sp³-hybridized carbons (Fsp3) is 0.409. The van der Waals surface area contributed by atoms with Gasteiger partial charge in [-0.25, -0.2) is 4.98 Å². The molecule has 0 unspecified atom stereocenters. The molecule has 1 aromatic heterocycles. The number of hydrogen-bond acceptors (Lipinski definition) is 5. The molecule has 3 heterocycles. The molecule has 152 valence electrons. The number of carbonyl (C=O) groups excluding carboxylic acids is 2. The molecule has 7 heteroatoms. The van der Waals surface area contributed by atoms with Crippen LogP contribution in [0.3, 0.4) is 0 Å². The number of amides is 2. The SMILES string of the molecule is CC(C)N1CCN(C(=O)c2cnc3c(c2)N(Cc2ccccc2)C(=O)CN3)CC1. The summed E-state index contributed by atoms with van der Waals surface area (Å²) in [7, 11) is 0. The van der Waals surface area contributed by atoms with Crippen LogP contribution in [0.2, 0.25) is 0 Å². The lowest BCUT2D eigenvalue weighted by Gasteiger charge is -2.37. The van der Waals surface area contributed by atoms with E-state index in [0.29, 0.717) is 42.7 Å². The third-order valence-corrected chi connectivity index (χ3v) is 5.63. The standard InChI is InChI=1S/C22H27N5O2/c1-16(2)25-8-10-26(11-9-25)22(29)18-12-19-21(23-13-18)24-14-20(28)27(19)15-17-6-4-3-5-7-17/h3-7,12-13,16H,8-11,14-15H2,1-2H3,(H,23,24). The van der Waals surface area contributed by atoms with Crippen LogP contribution in [0.25, 0.3) is 0 Å². The minimum atomic E-state index is -0.0294. The van der Waals surface area contributed by atoms with Gasteiger partial charge in [-0.15, -0.1) is 0 Å². The van der Waals surface area contributed by atoms with Crippen molar-refractivity contribution in [2.24, 2.45) is 0 Å². The number of carbonyl (C=O) groups is 2. The van der Waals surface area contributed by atoms with Crippen molar-refractivity contribution in [3.63, 3.8) is 0 Å². The van der Waals surface area contributed by atoms with E-state index in [1.54, 1.807) is 17.2 Å². The summed E-state index contributed by atoms with van der Waals surface area (Å²) in [5.41, 5.74) is 2.23. The van der Waals surface area contributed by atoms with Crippen LogP contribution in [0.1, 0.15) is 29.8 Å². The van der Waals surface area contributed by atoms with Crippen molar-refractivity contribution in [3.05, 3.63) is 53.7 Å². The Labute approximate surface area is 171 Å². The van der Waals surface area contributed by atoms with Gasteiger partial charge in [-0.3, -0.25) is 14.5 Å². The molecule has 2 aliphatic rings. The summed E-state index contributed by atoms with van der Waals surface area (Å²) < 4.78 is 0. The first-order valence-electron chi connectivity index (χ1n) is 10.1. The van der Waals surface area contributed by atoms with Crippen molar-refractivity contribution in [3.8, 4) is 0 Å². The molecule has 29 heavy (non-hydrogen) atoms. The minimum absolute atomic E-state index is 0.0265. The molecule has 0 aliphatic carbocycles. The zero-order valence-corrected chi connectivity index (χ0v) is 17.0. The van der Waals surface area contributed by atoms with E-state index in [4.69, 9.17) is 0 Å². The van der Waals surface area contributed by atoms with Crippen LogP contribution in [-0.4, -0.2) is 65.4 Å². The topological polar surface area (TPSA) is 68.8 Å². The Morgan fingerprint density at radius 1 is 1.14 bits per heavy atom. The molecule has 2 aliphatic heterocycles. The third kappa shape index (κ3) is 4.10. The van der Waals surface area contributed by atoms with Crippen LogP contribution in [0.4, 0.5) is 11.5 Å². The van der Waals surface area contributed by atoms with E-state index in [1.807, 2.05) is 35.2 Å². The van der Waals surface area contributed by atoms with Gasteiger partial charge in [0.1, 0.15) is 0 Å². The van der Waals surface area contributed by atoms with Crippen molar-refractivity contribution in [2.45, 2.75) is 26.4 Å². The van der Waals surface area contributed by atoms with E-state index in [9.17, 15) is 9.59 Å². The van der Waals surface area contributed by atoms with Crippen molar-refractivity contribution >= 4 is 23.3 Å². The highest BCUT2D eigenvalue weighted by Gasteiger charge is 2.28. The first-order valence-corrected chi connectivity index (χ1v) is 10.1. The van der Waals surface area contributed by atoms with Gasteiger partial charge < -0.3 is 15.1 Å². The first kappa shape index (κ1) is 19.4. The van der Waals surface area contributed by atoms with Gasteiger partial charge in [-0.2, -0.15) is 0 Å². The van der Waals surface area contributed by atoms with Gasteiger partial charge in [0.15, 0.2) is 5.82 Å². The number of fused-ring (bicyclic) bond motifs is 1. The summed E-state index contributed by atoms with van der Waals surface area (Å²) in [6.45, 7) is 8.19. The maximum atomic E-state index is 13.1. The van der Waals surface area contributed by atoms with Crippen LogP contribution in [0, 0.1) is 0 Å². The Kier molecular flexibility index (Phi) is 5.49. The number of anilines is 2. The van der Waals surface area contributed by atoms with E-state index in [1.165, 1.54) is 0 Å². The molecule has 1 aromatic carbocycles. The lowest BCUT2D eigenvalue weighted by atomic mass is 10.1. The average Bonchev–Trinajstić information content (AvgIpc) is 2.75. The molecule has 1 saturated heterocycles. The number of rotatable bonds is 4. The Bertz CT molecular complexity index is 891. The number of nitrogens with zero attached hydrogens (tertiary/aromatic N) is 4. The van der Waals surface area contributed by atoms with Crippen molar-refractivity contribution in [1.82, 2.24) is 14.8 Å². The molecule has 1 N–H and O–H groups in total. The first-order chi connectivity index (χ1) is 14.0. The van der Waals surface area contributed by atoms with Gasteiger partial charge in [0, 0.05) is 38.4 Å². The number of nitrogens with one attached hydrogen (secondary N) is 1. The summed E-state index contributed by atoms with van der Waals surface area (Å²) in [6, 6.07) is 12.1. The quantitative estimate of drug-likeness (QED) is 0.863. The van der Waals surface area contributed by atoms with Crippen LogP contribution in [0.15, 0.2) is 42.6 Å². The summed E-state index contributed by atoms with van der Waals surface area (Å²) >= 11 is 0. The lowest BCUT2D eigenvalue weighted by molar-refractivity contribution is -0.117. The second-order valence-electron chi connectivity index (χ2n) is 7.83. The Morgan fingerprint density at radius 2 is 1.86 bits per heavy atom. The van der Waals surface area contributed by atoms with Crippen molar-refractivity contribution in [1.29, 1.82) is 0 Å². The number of piperazine rings is 1. The highest BCUT2D eigenvalue weighted by atomic mass is 16.2. The van der Waals surface area contributed by atoms with Gasteiger partial charge in [0.05, 0.1) is 24.3 Å². The lowest BCUT2D eigenvalue weighted by Crippen LogP contribution is -2.50. The van der Waals surface area contributed by atoms with E-state index in [0.717, 1.165) is 18.7 Å². The van der Waals surface area contributed by atoms with E-state index in [-0.39, 0.29) is 18.4 Å². The Hall–Kier alpha value is -2.93. The molecule has 2 aromatic rings. The van der Waals surface area contributed by atoms with E-state index in [2.05, 4.69) is 29.0 Å². The zero-order valence-electron chi connectivity index (χ0n) is 17.0. The largest absolute Gasteiger partial charge is 0.359 e. The molecule has 7 nitrogen and oxygen atoms in total. The highest BCUT2D eigenvalue weighted by molar-refractivity contribution is 6.04. The normalized spacial score (nSPS) is 17.3. The second kappa shape index (κ2) is 8.21. The molecule has 0 spiro atoms. The van der Waals surface area contributed by atoms with Gasteiger partial charge in [-0.05, 0) is 25.5 Å². The third-order valence-electron chi connectivity index (χ3n) is 5.63. The maximum absolute atomic E-state index is 13.1. The predicted octanol–water partition coefficient (Wildman–Crippen LogP) is 2.21. The zero-order chi connectivity index (χ0) is 20.4. The van der Waals surface area contributed by atoms with Crippen molar-refractivity contribution in [2.75, 3.05) is 42.9 Å². The van der Waals surface area contributed by atoms with Crippen LogP contribution in [-0.2, 0) is 11.3 Å². The molecule has 4 rings (SSSR count). The number of benzene rings is 1. The maximum Gasteiger partial charge on any atom is 0.255 e. The van der Waals surface area contributed by atoms with Crippen LogP contribution >= 0.6 is 0 Å². The average molecular weight is 393 g/mol. The number of hydrogen-bond donors (Lipinski definition) is 1. The van der Waals surface area contributed by atoms with Gasteiger partial charge in [0.2, 0.25) is 5.91 Å². The fourth-order valence-electron chi connectivity index (χ4n) is 3.86. The van der Waals surface area contributed by atoms with Gasteiger partial charge in [-0.1, -0.05) is 30.3 Å². The number of pyridine rings is 1. The molecule has 0 atom stereocenters. The summed E-state index contributed by atoms with van der Waals surface area (Å²) in [4.78, 5) is 36.0. The summed E-state index contributed by atoms with van der Waals surface area (Å²) in [5, 5.41) is 3.06. The minimum Gasteiger partial charge on any atom is -0.359 e. The van der Waals surface area contributed by atoms with Gasteiger partial charge >= 0.3 is 0 Å². The van der Waals surface area contributed by atoms with E-state index >= 15 is 0 Å². The number of aromatic nitrogens is 1. The molecule has 0 radical (unpaired) electrons. The fourth-order valence-corrected chi connectivity index (χ4v) is 3.86. The Morgan fingerprint density at radius 3 is 2.55 bits per heavy atom. The molecule has 0 bridgehead atoms. The van der Waals surface area contributed by atoms with Gasteiger partial charge in [0.25, 0.3) is 5.91 Å². The highest BCUT2D eigenvalue weighted by Crippen LogP contribution is 2.30. The molecule has 2 amide bonds. The summed E-state index contributed by atoms with van der Waals surface area (Å²) in [6.07, 6.45) is 1.61. The molecular weight excluding hydrogens is 366 g/mol. The summed E-state index contributed by atoms with van der Waals surface area (Å²) in [5.74, 6) is 0.585. The predicted molar refractivity (Wildman–Crippen MR) is 113 cm³/mol. The molecule has 0 saturated carbocycles. The molecular formula is C22H27N5O2. The Balaban J connectivity index is 1.55. The van der Waals surface area contributed by atoms with Crippen LogP contribution < -0.4 is 10.2 Å².